The molecule has 1 aliphatic carbocycles. The summed E-state index contributed by atoms with van der Waals surface area (Å²) in [4.78, 5) is 17.2. The van der Waals surface area contributed by atoms with Crippen LogP contribution in [0, 0.1) is 12.3 Å². The Bertz CT molecular complexity index is 1390. The number of benzene rings is 2. The molecule has 0 unspecified atom stereocenters. The third-order valence-electron chi connectivity index (χ3n) is 6.38. The zero-order valence-corrected chi connectivity index (χ0v) is 17.6. The minimum absolute atomic E-state index is 0.0754. The number of rotatable bonds is 2. The van der Waals surface area contributed by atoms with E-state index in [0.717, 1.165) is 62.0 Å². The van der Waals surface area contributed by atoms with Crippen molar-refractivity contribution < 1.29 is 4.79 Å². The zero-order valence-electron chi connectivity index (χ0n) is 17.6. The van der Waals surface area contributed by atoms with Crippen LogP contribution in [-0.2, 0) is 18.9 Å². The minimum Gasteiger partial charge on any atom is -0.357 e. The van der Waals surface area contributed by atoms with Crippen molar-refractivity contribution in [1.82, 2.24) is 14.8 Å². The molecule has 0 amide bonds. The summed E-state index contributed by atoms with van der Waals surface area (Å²) in [6.45, 7) is 6.47. The number of hydrogen-bond donors (Lipinski definition) is 1. The standard InChI is InChI=1S/C26H23N3O/c1-6-15-8-9-18-22(10-15)28-25-23(18)24(30)20-11-16(7-2)19(12-21(20)26(25,3)4)17-13-27-29(5)14-17/h1,8-14,28H,7H2,2-5H3. The number of aryl methyl sites for hydroxylation is 2. The number of aromatic amines is 1. The maximum Gasteiger partial charge on any atom is 0.195 e. The number of hydrogen-bond acceptors (Lipinski definition) is 2. The van der Waals surface area contributed by atoms with Gasteiger partial charge >= 0.3 is 0 Å². The average Bonchev–Trinajstić information content (AvgIpc) is 3.35. The molecule has 148 valence electrons. The molecule has 0 bridgehead atoms. The molecule has 2 heterocycles. The second-order valence-electron chi connectivity index (χ2n) is 8.54. The predicted octanol–water partition coefficient (Wildman–Crippen LogP) is 4.98. The second kappa shape index (κ2) is 6.21. The molecule has 1 aliphatic rings. The van der Waals surface area contributed by atoms with E-state index in [1.54, 1.807) is 0 Å². The van der Waals surface area contributed by atoms with Gasteiger partial charge in [0.15, 0.2) is 5.78 Å². The third kappa shape index (κ3) is 2.42. The van der Waals surface area contributed by atoms with Gasteiger partial charge in [-0.1, -0.05) is 32.8 Å². The Balaban J connectivity index is 1.80. The van der Waals surface area contributed by atoms with Gasteiger partial charge in [-0.05, 0) is 47.4 Å². The van der Waals surface area contributed by atoms with Crippen molar-refractivity contribution in [2.24, 2.45) is 7.05 Å². The number of carbonyl (C=O) groups excluding carboxylic acids is 1. The number of H-pyrrole nitrogens is 1. The molecule has 0 fully saturated rings. The Hall–Kier alpha value is -3.58. The maximum atomic E-state index is 13.7. The first-order valence-electron chi connectivity index (χ1n) is 10.2. The van der Waals surface area contributed by atoms with Crippen LogP contribution in [0.5, 0.6) is 0 Å². The van der Waals surface area contributed by atoms with Crippen LogP contribution in [0.25, 0.3) is 22.0 Å². The van der Waals surface area contributed by atoms with Crippen molar-refractivity contribution in [2.45, 2.75) is 32.6 Å². The lowest BCUT2D eigenvalue weighted by atomic mass is 9.70. The second-order valence-corrected chi connectivity index (χ2v) is 8.54. The van der Waals surface area contributed by atoms with Crippen LogP contribution in [-0.4, -0.2) is 20.5 Å². The van der Waals surface area contributed by atoms with Crippen LogP contribution in [0.1, 0.15) is 59.1 Å². The first kappa shape index (κ1) is 18.4. The highest BCUT2D eigenvalue weighted by atomic mass is 16.1. The summed E-state index contributed by atoms with van der Waals surface area (Å²) < 4.78 is 1.81. The van der Waals surface area contributed by atoms with Gasteiger partial charge < -0.3 is 4.98 Å². The summed E-state index contributed by atoms with van der Waals surface area (Å²) in [5.41, 5.74) is 8.28. The van der Waals surface area contributed by atoms with Crippen molar-refractivity contribution in [1.29, 1.82) is 0 Å². The first-order valence-corrected chi connectivity index (χ1v) is 10.2. The lowest BCUT2D eigenvalue weighted by Gasteiger charge is -2.33. The smallest absolute Gasteiger partial charge is 0.195 e. The number of fused-ring (bicyclic) bond motifs is 4. The van der Waals surface area contributed by atoms with Gasteiger partial charge in [0.05, 0.1) is 11.8 Å². The Morgan fingerprint density at radius 1 is 1.20 bits per heavy atom. The Kier molecular flexibility index (Phi) is 3.82. The highest BCUT2D eigenvalue weighted by Gasteiger charge is 2.40. The largest absolute Gasteiger partial charge is 0.357 e. The number of nitrogens with one attached hydrogen (secondary N) is 1. The van der Waals surface area contributed by atoms with E-state index in [4.69, 9.17) is 6.42 Å². The molecule has 0 radical (unpaired) electrons. The van der Waals surface area contributed by atoms with E-state index in [0.29, 0.717) is 0 Å². The number of aromatic nitrogens is 3. The summed E-state index contributed by atoms with van der Waals surface area (Å²) in [6, 6.07) is 10.1. The van der Waals surface area contributed by atoms with Crippen LogP contribution in [0.15, 0.2) is 42.7 Å². The van der Waals surface area contributed by atoms with Gasteiger partial charge in [-0.15, -0.1) is 6.42 Å². The predicted molar refractivity (Wildman–Crippen MR) is 120 cm³/mol. The van der Waals surface area contributed by atoms with Crippen molar-refractivity contribution in [3.63, 3.8) is 0 Å². The van der Waals surface area contributed by atoms with E-state index in [1.807, 2.05) is 42.3 Å². The minimum atomic E-state index is -0.350. The van der Waals surface area contributed by atoms with Gasteiger partial charge in [-0.3, -0.25) is 9.48 Å². The summed E-state index contributed by atoms with van der Waals surface area (Å²) in [5.74, 6) is 2.75. The van der Waals surface area contributed by atoms with Crippen LogP contribution in [0.4, 0.5) is 0 Å². The molecule has 2 aromatic carbocycles. The summed E-state index contributed by atoms with van der Waals surface area (Å²) in [5, 5.41) is 5.27. The van der Waals surface area contributed by atoms with E-state index in [1.165, 1.54) is 0 Å². The summed E-state index contributed by atoms with van der Waals surface area (Å²) in [6.07, 6.45) is 10.3. The van der Waals surface area contributed by atoms with Gasteiger partial charge in [0.25, 0.3) is 0 Å². The van der Waals surface area contributed by atoms with Crippen LogP contribution in [0.2, 0.25) is 0 Å². The molecule has 4 nitrogen and oxygen atoms in total. The van der Waals surface area contributed by atoms with Crippen molar-refractivity contribution in [3.8, 4) is 23.5 Å². The van der Waals surface area contributed by atoms with Gasteiger partial charge in [-0.25, -0.2) is 0 Å². The fourth-order valence-electron chi connectivity index (χ4n) is 4.73. The van der Waals surface area contributed by atoms with Crippen LogP contribution >= 0.6 is 0 Å². The molecular weight excluding hydrogens is 370 g/mol. The highest BCUT2D eigenvalue weighted by molar-refractivity contribution is 6.20. The number of terminal acetylenes is 1. The van der Waals surface area contributed by atoms with Crippen molar-refractivity contribution in [2.75, 3.05) is 0 Å². The summed E-state index contributed by atoms with van der Waals surface area (Å²) in [7, 11) is 1.92. The molecular formula is C26H23N3O. The Morgan fingerprint density at radius 2 is 2.00 bits per heavy atom. The van der Waals surface area contributed by atoms with Gasteiger partial charge in [0.2, 0.25) is 0 Å². The molecule has 1 N–H and O–H groups in total. The lowest BCUT2D eigenvalue weighted by Crippen LogP contribution is -2.30. The zero-order chi connectivity index (χ0) is 21.2. The van der Waals surface area contributed by atoms with E-state index in [-0.39, 0.29) is 11.2 Å². The Morgan fingerprint density at radius 3 is 2.67 bits per heavy atom. The fourth-order valence-corrected chi connectivity index (χ4v) is 4.73. The molecule has 5 rings (SSSR count). The summed E-state index contributed by atoms with van der Waals surface area (Å²) >= 11 is 0. The van der Waals surface area contributed by atoms with E-state index >= 15 is 0 Å². The van der Waals surface area contributed by atoms with Crippen LogP contribution in [0.3, 0.4) is 0 Å². The quantitative estimate of drug-likeness (QED) is 0.488. The van der Waals surface area contributed by atoms with Gasteiger partial charge in [-0.2, -0.15) is 5.10 Å². The Labute approximate surface area is 175 Å². The number of nitrogens with zero attached hydrogens (tertiary/aromatic N) is 2. The normalized spacial score (nSPS) is 14.4. The highest BCUT2D eigenvalue weighted by Crippen LogP contribution is 2.45. The monoisotopic (exact) mass is 393 g/mol. The van der Waals surface area contributed by atoms with Crippen LogP contribution < -0.4 is 0 Å². The molecule has 4 aromatic rings. The molecule has 0 aliphatic heterocycles. The maximum absolute atomic E-state index is 13.7. The number of carbonyl (C=O) groups is 1. The number of ketones is 1. The molecule has 0 atom stereocenters. The molecule has 30 heavy (non-hydrogen) atoms. The average molecular weight is 393 g/mol. The topological polar surface area (TPSA) is 50.7 Å². The lowest BCUT2D eigenvalue weighted by molar-refractivity contribution is 0.103. The van der Waals surface area contributed by atoms with Gasteiger partial charge in [0, 0.05) is 51.9 Å². The van der Waals surface area contributed by atoms with E-state index < -0.39 is 0 Å². The first-order chi connectivity index (χ1) is 14.3. The third-order valence-corrected chi connectivity index (χ3v) is 6.38. The fraction of sp³-hybridized carbons (Fsp3) is 0.231. The van der Waals surface area contributed by atoms with E-state index in [9.17, 15) is 4.79 Å². The van der Waals surface area contributed by atoms with Crippen molar-refractivity contribution >= 4 is 16.7 Å². The molecule has 0 saturated carbocycles. The molecule has 2 aromatic heterocycles. The van der Waals surface area contributed by atoms with E-state index in [2.05, 4.69) is 48.9 Å². The SMILES string of the molecule is C#Cc1ccc2c3c([nH]c2c1)C(C)(C)c1cc(-c2cnn(C)c2)c(CC)cc1C3=O. The van der Waals surface area contributed by atoms with Gasteiger partial charge in [0.1, 0.15) is 0 Å². The van der Waals surface area contributed by atoms with Crippen molar-refractivity contribution in [3.05, 3.63) is 76.2 Å². The molecule has 0 spiro atoms. The molecule has 4 heteroatoms. The molecule has 0 saturated heterocycles.